The second-order valence-electron chi connectivity index (χ2n) is 1.72. The van der Waals surface area contributed by atoms with E-state index >= 15 is 0 Å². The van der Waals surface area contributed by atoms with Gasteiger partial charge in [-0.1, -0.05) is 0 Å². The van der Waals surface area contributed by atoms with Crippen LogP contribution in [0.3, 0.4) is 0 Å². The van der Waals surface area contributed by atoms with Crippen molar-refractivity contribution < 1.29 is 143 Å². The summed E-state index contributed by atoms with van der Waals surface area (Å²) in [6.07, 6.45) is 0. The van der Waals surface area contributed by atoms with Crippen LogP contribution < -0.4 is 30.6 Å². The van der Waals surface area contributed by atoms with Crippen LogP contribution in [0.15, 0.2) is 0 Å². The van der Waals surface area contributed by atoms with E-state index in [1.807, 2.05) is 0 Å². The topological polar surface area (TPSA) is 241 Å². The first-order chi connectivity index (χ1) is 7.93. The molecule has 0 rings (SSSR count). The third-order valence-electron chi connectivity index (χ3n) is 0.500. The van der Waals surface area contributed by atoms with Gasteiger partial charge < -0.3 is 59.4 Å². The van der Waals surface area contributed by atoms with E-state index < -0.39 is 35.8 Å². The van der Waals surface area contributed by atoms with Gasteiger partial charge in [0.05, 0.1) is 35.8 Å². The smallest absolute Gasteiger partial charge is 0.543 e. The van der Waals surface area contributed by atoms with Crippen LogP contribution in [0.2, 0.25) is 0 Å². The van der Waals surface area contributed by atoms with E-state index in [-0.39, 0.29) is 83.5 Å². The van der Waals surface area contributed by atoms with Crippen molar-refractivity contribution in [2.75, 3.05) is 0 Å². The molecule has 0 saturated heterocycles. The van der Waals surface area contributed by atoms with Crippen molar-refractivity contribution in [3.63, 3.8) is 0 Å². The fourth-order valence-corrected chi connectivity index (χ4v) is 0. The maximum atomic E-state index is 8.93. The van der Waals surface area contributed by atoms with Gasteiger partial charge in [-0.3, -0.25) is 0 Å². The second-order valence-corrected chi connectivity index (χ2v) is 1.72. The molecule has 0 N–H and O–H groups in total. The molecule has 0 aromatic carbocycles. The summed E-state index contributed by atoms with van der Waals surface area (Å²) in [5.41, 5.74) is 0. The summed E-state index contributed by atoms with van der Waals surface area (Å²) in [4.78, 5) is 53.6. The van der Waals surface area contributed by atoms with Gasteiger partial charge in [0.15, 0.2) is 0 Å². The molecule has 0 amide bonds. The van der Waals surface area contributed by atoms with Gasteiger partial charge in [0.2, 0.25) is 0 Å². The van der Waals surface area contributed by atoms with Crippen molar-refractivity contribution in [3.05, 3.63) is 0 Å². The van der Waals surface area contributed by atoms with Crippen LogP contribution in [0.4, 0.5) is 0 Å². The number of carbonyl (C=O) groups is 6. The molecule has 20 heavy (non-hydrogen) atoms. The SMILES string of the molecule is O=C([O-])C(=O)[O-].O=C([O-])C(=O)[O-].O=C([O-])C(=O)[O-].[Ce+3].[Ce+3]. The summed E-state index contributed by atoms with van der Waals surface area (Å²) in [7, 11) is 0. The van der Waals surface area contributed by atoms with Crippen LogP contribution in [0.1, 0.15) is 0 Å². The molecular formula is C6Ce2O12. The number of aliphatic carboxylic acids is 6. The number of carboxylic acids is 6. The van der Waals surface area contributed by atoms with Crippen LogP contribution >= 0.6 is 0 Å². The Labute approximate surface area is 176 Å². The first kappa shape index (κ1) is 31.8. The van der Waals surface area contributed by atoms with E-state index in [1.54, 1.807) is 0 Å². The van der Waals surface area contributed by atoms with Crippen LogP contribution in [-0.4, -0.2) is 35.8 Å². The molecule has 0 unspecified atom stereocenters. The molecule has 0 saturated carbocycles. The minimum atomic E-state index is -2.19. The Morgan fingerprint density at radius 1 is 0.350 bits per heavy atom. The van der Waals surface area contributed by atoms with E-state index in [9.17, 15) is 0 Å². The molecule has 2 radical (unpaired) electrons. The molecule has 0 aliphatic heterocycles. The Morgan fingerprint density at radius 3 is 0.400 bits per heavy atom. The van der Waals surface area contributed by atoms with Crippen molar-refractivity contribution >= 4 is 35.8 Å². The van der Waals surface area contributed by atoms with Gasteiger partial charge in [-0.15, -0.1) is 0 Å². The van der Waals surface area contributed by atoms with Crippen molar-refractivity contribution in [3.8, 4) is 0 Å². The Hall–Kier alpha value is -0.427. The summed E-state index contributed by atoms with van der Waals surface area (Å²) in [5, 5.41) is 53.6. The number of carboxylic acid groups (broad SMARTS) is 6. The van der Waals surface area contributed by atoms with Gasteiger partial charge >= 0.3 is 83.5 Å². The Bertz CT molecular complexity index is 281. The van der Waals surface area contributed by atoms with Gasteiger partial charge in [0.25, 0.3) is 0 Å². The van der Waals surface area contributed by atoms with Gasteiger partial charge in [0.1, 0.15) is 0 Å². The summed E-state index contributed by atoms with van der Waals surface area (Å²) < 4.78 is 0. The Morgan fingerprint density at radius 2 is 0.400 bits per heavy atom. The number of hydrogen-bond acceptors (Lipinski definition) is 12. The van der Waals surface area contributed by atoms with Crippen LogP contribution in [0.25, 0.3) is 0 Å². The van der Waals surface area contributed by atoms with Gasteiger partial charge in [-0.25, -0.2) is 0 Å². The van der Waals surface area contributed by atoms with E-state index in [0.717, 1.165) is 0 Å². The summed E-state index contributed by atoms with van der Waals surface area (Å²) in [6.45, 7) is 0. The molecule has 0 aromatic rings. The number of carbonyl (C=O) groups excluding carboxylic acids is 6. The predicted octanol–water partition coefficient (Wildman–Crippen LogP) is -10.5. The maximum absolute atomic E-state index is 8.93. The minimum absolute atomic E-state index is 0. The first-order valence-corrected chi connectivity index (χ1v) is 3.20. The largest absolute Gasteiger partial charge is 3.00 e. The molecule has 104 valence electrons. The molecule has 0 aliphatic carbocycles. The zero-order valence-corrected chi connectivity index (χ0v) is 15.2. The van der Waals surface area contributed by atoms with Crippen LogP contribution in [0, 0.1) is 83.5 Å². The van der Waals surface area contributed by atoms with Crippen molar-refractivity contribution in [1.29, 1.82) is 0 Å². The third-order valence-corrected chi connectivity index (χ3v) is 0.500. The molecule has 0 fully saturated rings. The zero-order chi connectivity index (χ0) is 15.5. The van der Waals surface area contributed by atoms with Crippen LogP contribution in [-0.2, 0) is 28.8 Å². The maximum Gasteiger partial charge on any atom is 3.00 e. The van der Waals surface area contributed by atoms with Gasteiger partial charge in [0, 0.05) is 0 Å². The quantitative estimate of drug-likeness (QED) is 0.258. The molecule has 12 nitrogen and oxygen atoms in total. The summed E-state index contributed by atoms with van der Waals surface area (Å²) >= 11 is 0. The summed E-state index contributed by atoms with van der Waals surface area (Å²) in [5.74, 6) is -13.1. The average molecular weight is 544 g/mol. The molecule has 0 aromatic heterocycles. The number of rotatable bonds is 0. The Kier molecular flexibility index (Phi) is 29.5. The zero-order valence-electron chi connectivity index (χ0n) is 8.90. The Balaban J connectivity index is -0.0000000536. The van der Waals surface area contributed by atoms with Crippen molar-refractivity contribution in [2.24, 2.45) is 0 Å². The third kappa shape index (κ3) is 36.0. The van der Waals surface area contributed by atoms with Crippen molar-refractivity contribution in [1.82, 2.24) is 0 Å². The van der Waals surface area contributed by atoms with E-state index in [0.29, 0.717) is 0 Å². The monoisotopic (exact) mass is 544 g/mol. The van der Waals surface area contributed by atoms with Gasteiger partial charge in [-0.2, -0.15) is 0 Å². The average Bonchev–Trinajstić information content (AvgIpc) is 2.18. The minimum Gasteiger partial charge on any atom is -0.543 e. The van der Waals surface area contributed by atoms with E-state index in [4.69, 9.17) is 59.4 Å². The molecule has 0 heterocycles. The van der Waals surface area contributed by atoms with Gasteiger partial charge in [-0.05, 0) is 0 Å². The van der Waals surface area contributed by atoms with E-state index in [2.05, 4.69) is 0 Å². The van der Waals surface area contributed by atoms with Crippen molar-refractivity contribution in [2.45, 2.75) is 0 Å². The first-order valence-electron chi connectivity index (χ1n) is 3.20. The number of hydrogen-bond donors (Lipinski definition) is 0. The molecular weight excluding hydrogens is 544 g/mol. The normalized spacial score (nSPS) is 6.60. The molecule has 0 bridgehead atoms. The summed E-state index contributed by atoms with van der Waals surface area (Å²) in [6, 6.07) is 0. The molecule has 0 spiro atoms. The predicted molar refractivity (Wildman–Crippen MR) is 30.0 cm³/mol. The molecule has 0 atom stereocenters. The van der Waals surface area contributed by atoms with Crippen LogP contribution in [0.5, 0.6) is 0 Å². The van der Waals surface area contributed by atoms with E-state index in [1.165, 1.54) is 0 Å². The second kappa shape index (κ2) is 18.6. The fraction of sp³-hybridized carbons (Fsp3) is 0. The standard InChI is InChI=1S/3C2H2O4.2Ce/c3*3-1(4)2(5)6;;/h3*(H,3,4)(H,5,6);;/q;;;2*+3/p-6. The fourth-order valence-electron chi connectivity index (χ4n) is 0. The molecule has 0 aliphatic rings. The molecule has 14 heteroatoms.